The van der Waals surface area contributed by atoms with E-state index in [2.05, 4.69) is 15.7 Å². The molecule has 29 heavy (non-hydrogen) atoms. The number of hydrogen-bond donors (Lipinski definition) is 2. The molecule has 4 rings (SSSR count). The highest BCUT2D eigenvalue weighted by Crippen LogP contribution is 2.33. The molecule has 2 aromatic carbocycles. The fraction of sp³-hybridized carbons (Fsp3) is 0.190. The van der Waals surface area contributed by atoms with Crippen molar-refractivity contribution in [1.29, 1.82) is 0 Å². The normalized spacial score (nSPS) is 15.2. The summed E-state index contributed by atoms with van der Waals surface area (Å²) in [4.78, 5) is 25.2. The molecule has 2 amide bonds. The fourth-order valence-corrected chi connectivity index (χ4v) is 3.25. The number of methoxy groups -OCH3 is 2. The first-order chi connectivity index (χ1) is 14.1. The van der Waals surface area contributed by atoms with Crippen LogP contribution in [-0.2, 0) is 9.59 Å². The molecule has 1 aliphatic heterocycles. The average molecular weight is 392 g/mol. The predicted octanol–water partition coefficient (Wildman–Crippen LogP) is 3.09. The Morgan fingerprint density at radius 3 is 2.66 bits per heavy atom. The van der Waals surface area contributed by atoms with Crippen LogP contribution in [0.25, 0.3) is 11.3 Å². The number of benzene rings is 2. The van der Waals surface area contributed by atoms with Crippen molar-refractivity contribution in [2.75, 3.05) is 24.9 Å². The lowest BCUT2D eigenvalue weighted by atomic mass is 10.1. The number of ether oxygens (including phenoxy) is 2. The van der Waals surface area contributed by atoms with Gasteiger partial charge in [0.25, 0.3) is 0 Å². The summed E-state index contributed by atoms with van der Waals surface area (Å²) >= 11 is 0. The summed E-state index contributed by atoms with van der Waals surface area (Å²) in [7, 11) is 3.06. The summed E-state index contributed by atoms with van der Waals surface area (Å²) in [6.45, 7) is 0. The van der Waals surface area contributed by atoms with Crippen LogP contribution >= 0.6 is 0 Å². The first-order valence-electron chi connectivity index (χ1n) is 9.06. The monoisotopic (exact) mass is 392 g/mol. The summed E-state index contributed by atoms with van der Waals surface area (Å²) in [5.41, 5.74) is 2.07. The maximum Gasteiger partial charge on any atom is 0.249 e. The summed E-state index contributed by atoms with van der Waals surface area (Å²) in [5, 5.41) is 10.2. The first-order valence-corrected chi connectivity index (χ1v) is 9.06. The van der Waals surface area contributed by atoms with Gasteiger partial charge in [-0.15, -0.1) is 0 Å². The number of hydrogen-bond acceptors (Lipinski definition) is 5. The molecule has 0 fully saturated rings. The van der Waals surface area contributed by atoms with Gasteiger partial charge in [0.2, 0.25) is 11.8 Å². The summed E-state index contributed by atoms with van der Waals surface area (Å²) in [6, 6.07) is 15.7. The molecule has 3 aromatic rings. The van der Waals surface area contributed by atoms with Crippen LogP contribution in [0, 0.1) is 0 Å². The zero-order chi connectivity index (χ0) is 20.4. The average Bonchev–Trinajstić information content (AvgIpc) is 3.17. The maximum absolute atomic E-state index is 13.0. The molecule has 0 radical (unpaired) electrons. The minimum absolute atomic E-state index is 0.00673. The number of carbonyl (C=O) groups is 2. The van der Waals surface area contributed by atoms with E-state index < -0.39 is 6.04 Å². The van der Waals surface area contributed by atoms with Gasteiger partial charge in [0.1, 0.15) is 23.4 Å². The van der Waals surface area contributed by atoms with Gasteiger partial charge in [-0.3, -0.25) is 9.59 Å². The molecular weight excluding hydrogens is 372 g/mol. The van der Waals surface area contributed by atoms with E-state index in [0.29, 0.717) is 28.7 Å². The van der Waals surface area contributed by atoms with Crippen molar-refractivity contribution < 1.29 is 19.1 Å². The van der Waals surface area contributed by atoms with Crippen molar-refractivity contribution in [2.45, 2.75) is 12.5 Å². The lowest BCUT2D eigenvalue weighted by Gasteiger charge is -2.24. The molecule has 1 unspecified atom stereocenters. The highest BCUT2D eigenvalue weighted by molar-refractivity contribution is 6.02. The van der Waals surface area contributed by atoms with Gasteiger partial charge < -0.3 is 20.1 Å². The van der Waals surface area contributed by atoms with Crippen LogP contribution in [0.3, 0.4) is 0 Å². The van der Waals surface area contributed by atoms with Crippen LogP contribution in [0.2, 0.25) is 0 Å². The fourth-order valence-electron chi connectivity index (χ4n) is 3.25. The Labute approximate surface area is 167 Å². The number of carbonyl (C=O) groups excluding carboxylic acids is 2. The van der Waals surface area contributed by atoms with Crippen molar-refractivity contribution in [2.24, 2.45) is 0 Å². The SMILES string of the molecule is COc1ccc(NC(=O)C2CC(=O)Nc3cc(-c4ccccc4)nn32)c(OC)c1. The van der Waals surface area contributed by atoms with Gasteiger partial charge in [-0.25, -0.2) is 4.68 Å². The topological polar surface area (TPSA) is 94.5 Å². The minimum atomic E-state index is -0.775. The van der Waals surface area contributed by atoms with Crippen LogP contribution in [0.4, 0.5) is 11.5 Å². The quantitative estimate of drug-likeness (QED) is 0.696. The van der Waals surface area contributed by atoms with Gasteiger partial charge >= 0.3 is 0 Å². The Kier molecular flexibility index (Phi) is 4.90. The molecule has 1 aromatic heterocycles. The van der Waals surface area contributed by atoms with Crippen molar-refractivity contribution in [3.8, 4) is 22.8 Å². The molecule has 0 aliphatic carbocycles. The zero-order valence-electron chi connectivity index (χ0n) is 16.0. The Hall–Kier alpha value is -3.81. The molecule has 1 aliphatic rings. The van der Waals surface area contributed by atoms with Gasteiger partial charge in [-0.2, -0.15) is 5.10 Å². The second-order valence-electron chi connectivity index (χ2n) is 6.55. The number of rotatable bonds is 5. The van der Waals surface area contributed by atoms with E-state index in [9.17, 15) is 9.59 Å². The third kappa shape index (κ3) is 3.64. The van der Waals surface area contributed by atoms with Crippen molar-refractivity contribution >= 4 is 23.3 Å². The van der Waals surface area contributed by atoms with Crippen LogP contribution in [0.1, 0.15) is 12.5 Å². The number of nitrogens with one attached hydrogen (secondary N) is 2. The number of anilines is 2. The highest BCUT2D eigenvalue weighted by Gasteiger charge is 2.32. The molecule has 0 spiro atoms. The summed E-state index contributed by atoms with van der Waals surface area (Å²) in [5.74, 6) is 0.968. The minimum Gasteiger partial charge on any atom is -0.497 e. The van der Waals surface area contributed by atoms with E-state index in [0.717, 1.165) is 5.56 Å². The molecular formula is C21H20N4O4. The lowest BCUT2D eigenvalue weighted by molar-refractivity contribution is -0.125. The molecule has 1 atom stereocenters. The van der Waals surface area contributed by atoms with Crippen LogP contribution < -0.4 is 20.1 Å². The number of amides is 2. The highest BCUT2D eigenvalue weighted by atomic mass is 16.5. The van der Waals surface area contributed by atoms with Gasteiger partial charge in [-0.05, 0) is 12.1 Å². The first kappa shape index (κ1) is 18.5. The second kappa shape index (κ2) is 7.67. The van der Waals surface area contributed by atoms with Gasteiger partial charge in [-0.1, -0.05) is 30.3 Å². The molecule has 0 bridgehead atoms. The Balaban J connectivity index is 1.63. The molecule has 8 heteroatoms. The van der Waals surface area contributed by atoms with E-state index in [1.165, 1.54) is 7.11 Å². The van der Waals surface area contributed by atoms with Crippen molar-refractivity contribution in [3.63, 3.8) is 0 Å². The van der Waals surface area contributed by atoms with Crippen LogP contribution in [0.5, 0.6) is 11.5 Å². The number of fused-ring (bicyclic) bond motifs is 1. The predicted molar refractivity (Wildman–Crippen MR) is 108 cm³/mol. The second-order valence-corrected chi connectivity index (χ2v) is 6.55. The third-order valence-electron chi connectivity index (χ3n) is 4.72. The van der Waals surface area contributed by atoms with Crippen LogP contribution in [0.15, 0.2) is 54.6 Å². The van der Waals surface area contributed by atoms with Gasteiger partial charge in [0, 0.05) is 17.7 Å². The largest absolute Gasteiger partial charge is 0.497 e. The number of aromatic nitrogens is 2. The van der Waals surface area contributed by atoms with E-state index in [1.54, 1.807) is 36.1 Å². The number of nitrogens with zero attached hydrogens (tertiary/aromatic N) is 2. The molecule has 2 N–H and O–H groups in total. The van der Waals surface area contributed by atoms with E-state index in [1.807, 2.05) is 30.3 Å². The van der Waals surface area contributed by atoms with Crippen LogP contribution in [-0.4, -0.2) is 35.8 Å². The van der Waals surface area contributed by atoms with Crippen molar-refractivity contribution in [3.05, 3.63) is 54.6 Å². The zero-order valence-corrected chi connectivity index (χ0v) is 16.0. The third-order valence-corrected chi connectivity index (χ3v) is 4.72. The molecule has 0 saturated heterocycles. The van der Waals surface area contributed by atoms with Gasteiger partial charge in [0.05, 0.1) is 32.0 Å². The smallest absolute Gasteiger partial charge is 0.249 e. The Morgan fingerprint density at radius 2 is 1.93 bits per heavy atom. The Morgan fingerprint density at radius 1 is 1.14 bits per heavy atom. The molecule has 2 heterocycles. The lowest BCUT2D eigenvalue weighted by Crippen LogP contribution is -2.35. The standard InChI is InChI=1S/C21H20N4O4/c1-28-14-8-9-15(18(10-14)29-2)22-21(27)17-12-20(26)23-19-11-16(24-25(17)19)13-6-4-3-5-7-13/h3-11,17H,12H2,1-2H3,(H,22,27)(H,23,26). The van der Waals surface area contributed by atoms with E-state index in [4.69, 9.17) is 9.47 Å². The molecule has 148 valence electrons. The summed E-state index contributed by atoms with van der Waals surface area (Å²) in [6.07, 6.45) is -0.00673. The van der Waals surface area contributed by atoms with E-state index in [-0.39, 0.29) is 18.2 Å². The van der Waals surface area contributed by atoms with Crippen molar-refractivity contribution in [1.82, 2.24) is 9.78 Å². The van der Waals surface area contributed by atoms with E-state index >= 15 is 0 Å². The van der Waals surface area contributed by atoms with Gasteiger partial charge in [0.15, 0.2) is 0 Å². The maximum atomic E-state index is 13.0. The summed E-state index contributed by atoms with van der Waals surface area (Å²) < 4.78 is 12.1. The molecule has 8 nitrogen and oxygen atoms in total. The molecule has 0 saturated carbocycles. The Bertz CT molecular complexity index is 1060.